The van der Waals surface area contributed by atoms with Crippen LogP contribution in [0.5, 0.6) is 5.75 Å². The Morgan fingerprint density at radius 3 is 2.83 bits per heavy atom. The van der Waals surface area contributed by atoms with Gasteiger partial charge in [0.2, 0.25) is 0 Å². The molecular formula is C23H23ClN4O2. The fraction of sp³-hybridized carbons (Fsp3) is 0.217. The molecule has 0 saturated carbocycles. The van der Waals surface area contributed by atoms with Crippen molar-refractivity contribution in [2.75, 3.05) is 7.11 Å². The first-order valence-electron chi connectivity index (χ1n) is 9.68. The molecule has 0 unspecified atom stereocenters. The summed E-state index contributed by atoms with van der Waals surface area (Å²) >= 11 is 6.30. The molecular weight excluding hydrogens is 400 g/mol. The lowest BCUT2D eigenvalue weighted by molar-refractivity contribution is 0.0940. The second-order valence-corrected chi connectivity index (χ2v) is 7.75. The Bertz CT molecular complexity index is 1200. The van der Waals surface area contributed by atoms with Gasteiger partial charge in [-0.05, 0) is 61.4 Å². The number of nitrogens with one attached hydrogen (secondary N) is 1. The van der Waals surface area contributed by atoms with Crippen molar-refractivity contribution in [2.24, 2.45) is 7.05 Å². The monoisotopic (exact) mass is 422 g/mol. The van der Waals surface area contributed by atoms with E-state index in [0.29, 0.717) is 17.0 Å². The highest BCUT2D eigenvalue weighted by atomic mass is 35.5. The first-order chi connectivity index (χ1) is 14.5. The molecule has 154 valence electrons. The molecule has 2 aromatic heterocycles. The van der Waals surface area contributed by atoms with Crippen LogP contribution < -0.4 is 10.1 Å². The van der Waals surface area contributed by atoms with E-state index < -0.39 is 0 Å². The highest BCUT2D eigenvalue weighted by Gasteiger charge is 2.17. The third kappa shape index (κ3) is 3.91. The third-order valence-electron chi connectivity index (χ3n) is 5.15. The molecule has 7 heteroatoms. The molecule has 0 aliphatic carbocycles. The fourth-order valence-electron chi connectivity index (χ4n) is 3.68. The van der Waals surface area contributed by atoms with Crippen LogP contribution in [0, 0.1) is 0 Å². The maximum atomic E-state index is 12.9. The number of methoxy groups -OCH3 is 1. The predicted octanol–water partition coefficient (Wildman–Crippen LogP) is 4.39. The van der Waals surface area contributed by atoms with Gasteiger partial charge < -0.3 is 14.6 Å². The molecule has 1 atom stereocenters. The van der Waals surface area contributed by atoms with Crippen molar-refractivity contribution >= 4 is 28.4 Å². The van der Waals surface area contributed by atoms with Gasteiger partial charge in [-0.1, -0.05) is 11.6 Å². The first kappa shape index (κ1) is 20.0. The lowest BCUT2D eigenvalue weighted by Gasteiger charge is -2.15. The van der Waals surface area contributed by atoms with Gasteiger partial charge in [0, 0.05) is 42.6 Å². The second-order valence-electron chi connectivity index (χ2n) is 7.34. The van der Waals surface area contributed by atoms with E-state index in [1.807, 2.05) is 50.5 Å². The van der Waals surface area contributed by atoms with Gasteiger partial charge in [0.25, 0.3) is 5.91 Å². The van der Waals surface area contributed by atoms with Gasteiger partial charge in [-0.2, -0.15) is 5.10 Å². The van der Waals surface area contributed by atoms with Gasteiger partial charge >= 0.3 is 0 Å². The van der Waals surface area contributed by atoms with Crippen molar-refractivity contribution in [3.8, 4) is 11.4 Å². The molecule has 0 radical (unpaired) electrons. The van der Waals surface area contributed by atoms with E-state index in [1.54, 1.807) is 30.1 Å². The summed E-state index contributed by atoms with van der Waals surface area (Å²) in [6, 6.07) is 13.1. The lowest BCUT2D eigenvalue weighted by Crippen LogP contribution is -2.34. The number of benzene rings is 2. The Kier molecular flexibility index (Phi) is 5.50. The highest BCUT2D eigenvalue weighted by molar-refractivity contribution is 6.33. The second kappa shape index (κ2) is 8.24. The van der Waals surface area contributed by atoms with E-state index in [0.717, 1.165) is 27.9 Å². The molecule has 0 aliphatic rings. The number of aromatic nitrogens is 3. The minimum atomic E-state index is -0.209. The van der Waals surface area contributed by atoms with Gasteiger partial charge in [0.1, 0.15) is 5.75 Å². The molecule has 1 N–H and O–H groups in total. The number of fused-ring (bicyclic) bond motifs is 1. The van der Waals surface area contributed by atoms with Gasteiger partial charge in [0.15, 0.2) is 0 Å². The predicted molar refractivity (Wildman–Crippen MR) is 119 cm³/mol. The van der Waals surface area contributed by atoms with Crippen LogP contribution in [-0.4, -0.2) is 33.4 Å². The number of carbonyl (C=O) groups is 1. The molecule has 30 heavy (non-hydrogen) atoms. The van der Waals surface area contributed by atoms with Crippen molar-refractivity contribution in [1.82, 2.24) is 19.7 Å². The summed E-state index contributed by atoms with van der Waals surface area (Å²) in [7, 11) is 3.68. The summed E-state index contributed by atoms with van der Waals surface area (Å²) in [5.41, 5.74) is 3.48. The Morgan fingerprint density at radius 2 is 2.10 bits per heavy atom. The number of carbonyl (C=O) groups excluding carboxylic acids is 1. The summed E-state index contributed by atoms with van der Waals surface area (Å²) < 4.78 is 9.15. The Hall–Kier alpha value is -3.25. The van der Waals surface area contributed by atoms with E-state index in [1.165, 1.54) is 0 Å². The van der Waals surface area contributed by atoms with Gasteiger partial charge in [-0.25, -0.2) is 4.68 Å². The van der Waals surface area contributed by atoms with Crippen LogP contribution in [0.3, 0.4) is 0 Å². The summed E-state index contributed by atoms with van der Waals surface area (Å²) in [6.45, 7) is 1.99. The number of nitrogens with zero attached hydrogens (tertiary/aromatic N) is 3. The van der Waals surface area contributed by atoms with Gasteiger partial charge in [0.05, 0.1) is 23.4 Å². The van der Waals surface area contributed by atoms with Gasteiger partial charge in [-0.15, -0.1) is 0 Å². The number of amides is 1. The zero-order valence-electron chi connectivity index (χ0n) is 17.1. The molecule has 1 amide bonds. The molecule has 2 heterocycles. The number of halogens is 1. The van der Waals surface area contributed by atoms with Crippen LogP contribution in [-0.2, 0) is 13.5 Å². The molecule has 2 aromatic carbocycles. The van der Waals surface area contributed by atoms with Crippen molar-refractivity contribution in [3.63, 3.8) is 0 Å². The van der Waals surface area contributed by atoms with Crippen LogP contribution in [0.25, 0.3) is 16.6 Å². The summed E-state index contributed by atoms with van der Waals surface area (Å²) in [6.07, 6.45) is 6.29. The Labute approximate surface area is 180 Å². The summed E-state index contributed by atoms with van der Waals surface area (Å²) in [5, 5.41) is 8.80. The summed E-state index contributed by atoms with van der Waals surface area (Å²) in [5.74, 6) is 0.605. The average Bonchev–Trinajstić information content (AvgIpc) is 3.37. The Morgan fingerprint density at radius 1 is 1.27 bits per heavy atom. The van der Waals surface area contributed by atoms with Crippen LogP contribution >= 0.6 is 11.6 Å². The van der Waals surface area contributed by atoms with Crippen molar-refractivity contribution in [3.05, 3.63) is 77.2 Å². The largest absolute Gasteiger partial charge is 0.497 e. The number of aryl methyl sites for hydroxylation is 1. The molecule has 4 rings (SSSR count). The van der Waals surface area contributed by atoms with E-state index in [2.05, 4.69) is 21.2 Å². The van der Waals surface area contributed by atoms with Crippen LogP contribution in [0.4, 0.5) is 0 Å². The molecule has 0 aliphatic heterocycles. The van der Waals surface area contributed by atoms with Gasteiger partial charge in [-0.3, -0.25) is 4.79 Å². The smallest absolute Gasteiger partial charge is 0.253 e. The van der Waals surface area contributed by atoms with Crippen molar-refractivity contribution < 1.29 is 9.53 Å². The average molecular weight is 423 g/mol. The zero-order chi connectivity index (χ0) is 21.3. The molecule has 6 nitrogen and oxygen atoms in total. The SMILES string of the molecule is COc1ccc2c(c1)c(C[C@@H](C)NC(=O)c1cc(-n3cccn3)ccc1Cl)cn2C. The zero-order valence-corrected chi connectivity index (χ0v) is 17.8. The van der Waals surface area contributed by atoms with Crippen LogP contribution in [0.2, 0.25) is 5.02 Å². The lowest BCUT2D eigenvalue weighted by atomic mass is 10.1. The van der Waals surface area contributed by atoms with E-state index in [9.17, 15) is 4.79 Å². The number of hydrogen-bond donors (Lipinski definition) is 1. The molecule has 0 bridgehead atoms. The maximum Gasteiger partial charge on any atom is 0.253 e. The van der Waals surface area contributed by atoms with E-state index >= 15 is 0 Å². The van der Waals surface area contributed by atoms with Crippen molar-refractivity contribution in [2.45, 2.75) is 19.4 Å². The molecule has 0 saturated heterocycles. The van der Waals surface area contributed by atoms with E-state index in [-0.39, 0.29) is 11.9 Å². The number of rotatable bonds is 6. The fourth-order valence-corrected chi connectivity index (χ4v) is 3.88. The summed E-state index contributed by atoms with van der Waals surface area (Å²) in [4.78, 5) is 12.9. The third-order valence-corrected chi connectivity index (χ3v) is 5.48. The normalized spacial score (nSPS) is 12.1. The molecule has 4 aromatic rings. The topological polar surface area (TPSA) is 61.1 Å². The maximum absolute atomic E-state index is 12.9. The minimum Gasteiger partial charge on any atom is -0.497 e. The first-order valence-corrected chi connectivity index (χ1v) is 10.1. The molecule has 0 fully saturated rings. The highest BCUT2D eigenvalue weighted by Crippen LogP contribution is 2.26. The van der Waals surface area contributed by atoms with Crippen LogP contribution in [0.15, 0.2) is 61.1 Å². The quantitative estimate of drug-likeness (QED) is 0.501. The van der Waals surface area contributed by atoms with Crippen molar-refractivity contribution in [1.29, 1.82) is 0 Å². The van der Waals surface area contributed by atoms with E-state index in [4.69, 9.17) is 16.3 Å². The number of hydrogen-bond acceptors (Lipinski definition) is 3. The number of ether oxygens (including phenoxy) is 1. The standard InChI is InChI=1S/C23H23ClN4O2/c1-15(11-16-14-27(2)22-8-6-18(30-3)13-19(16)22)26-23(29)20-12-17(5-7-21(20)24)28-10-4-9-25-28/h4-10,12-15H,11H2,1-3H3,(H,26,29)/t15-/m1/s1. The minimum absolute atomic E-state index is 0.0845. The molecule has 0 spiro atoms. The Balaban J connectivity index is 1.53. The van der Waals surface area contributed by atoms with Crippen LogP contribution in [0.1, 0.15) is 22.8 Å².